The van der Waals surface area contributed by atoms with E-state index in [1.807, 2.05) is 18.2 Å². The summed E-state index contributed by atoms with van der Waals surface area (Å²) < 4.78 is 26.9. The van der Waals surface area contributed by atoms with Gasteiger partial charge in [-0.1, -0.05) is 35.9 Å². The Morgan fingerprint density at radius 3 is 2.38 bits per heavy atom. The first-order chi connectivity index (χ1) is 15.3. The highest BCUT2D eigenvalue weighted by Gasteiger charge is 2.30. The number of piperazine rings is 1. The number of rotatable bonds is 6. The Labute approximate surface area is 193 Å². The maximum absolute atomic E-state index is 12.8. The first-order valence-corrected chi connectivity index (χ1v) is 12.6. The van der Waals surface area contributed by atoms with Crippen molar-refractivity contribution in [1.29, 1.82) is 0 Å². The summed E-state index contributed by atoms with van der Waals surface area (Å²) in [6.07, 6.45) is 2.07. The molecule has 1 heterocycles. The number of nitrogens with one attached hydrogen (secondary N) is 1. The molecule has 1 N–H and O–H groups in total. The SMILES string of the molecule is O=C(CCC(=O)N1CCN(S(=O)(=O)c2ccc(Cl)cc2)CC1)NC1CCc2ccccc21. The number of carbonyl (C=O) groups excluding carboxylic acids is 2. The monoisotopic (exact) mass is 475 g/mol. The maximum Gasteiger partial charge on any atom is 0.243 e. The number of aryl methyl sites for hydroxylation is 1. The molecule has 1 atom stereocenters. The molecule has 2 aromatic carbocycles. The largest absolute Gasteiger partial charge is 0.349 e. The van der Waals surface area contributed by atoms with Gasteiger partial charge < -0.3 is 10.2 Å². The fourth-order valence-electron chi connectivity index (χ4n) is 4.29. The minimum absolute atomic E-state index is 0.00965. The molecular weight excluding hydrogens is 450 g/mol. The molecule has 2 amide bonds. The summed E-state index contributed by atoms with van der Waals surface area (Å²) >= 11 is 5.84. The number of carbonyl (C=O) groups is 2. The van der Waals surface area contributed by atoms with Crippen molar-refractivity contribution in [3.63, 3.8) is 0 Å². The highest BCUT2D eigenvalue weighted by Crippen LogP contribution is 2.30. The number of sulfonamides is 1. The Morgan fingerprint density at radius 1 is 0.969 bits per heavy atom. The van der Waals surface area contributed by atoms with Crippen LogP contribution in [0, 0.1) is 0 Å². The highest BCUT2D eigenvalue weighted by atomic mass is 35.5. The van der Waals surface area contributed by atoms with Crippen LogP contribution >= 0.6 is 11.6 Å². The summed E-state index contributed by atoms with van der Waals surface area (Å²) in [6.45, 7) is 1.07. The number of benzene rings is 2. The van der Waals surface area contributed by atoms with Gasteiger partial charge in [0.25, 0.3) is 0 Å². The second kappa shape index (κ2) is 9.60. The third-order valence-corrected chi connectivity index (χ3v) is 8.24. The lowest BCUT2D eigenvalue weighted by atomic mass is 10.1. The Bertz CT molecular complexity index is 1100. The summed E-state index contributed by atoms with van der Waals surface area (Å²) in [7, 11) is -3.62. The smallest absolute Gasteiger partial charge is 0.243 e. The van der Waals surface area contributed by atoms with Crippen molar-refractivity contribution in [2.75, 3.05) is 26.2 Å². The molecule has 32 heavy (non-hydrogen) atoms. The van der Waals surface area contributed by atoms with Crippen LogP contribution < -0.4 is 5.32 Å². The van der Waals surface area contributed by atoms with Gasteiger partial charge in [0.2, 0.25) is 21.8 Å². The lowest BCUT2D eigenvalue weighted by Gasteiger charge is -2.34. The highest BCUT2D eigenvalue weighted by molar-refractivity contribution is 7.89. The molecular formula is C23H26ClN3O4S. The standard InChI is InChI=1S/C23H26ClN3O4S/c24-18-6-8-19(9-7-18)32(30,31)27-15-13-26(14-16-27)23(29)12-11-22(28)25-21-10-5-17-3-1-2-4-20(17)21/h1-4,6-9,21H,5,10-16H2,(H,25,28). The molecule has 1 aliphatic heterocycles. The van der Waals surface area contributed by atoms with Crippen LogP contribution in [0.15, 0.2) is 53.4 Å². The number of halogens is 1. The van der Waals surface area contributed by atoms with Crippen molar-refractivity contribution in [2.24, 2.45) is 0 Å². The molecule has 0 aromatic heterocycles. The van der Waals surface area contributed by atoms with Crippen molar-refractivity contribution in [2.45, 2.75) is 36.6 Å². The molecule has 9 heteroatoms. The van der Waals surface area contributed by atoms with E-state index >= 15 is 0 Å². The van der Waals surface area contributed by atoms with Crippen LogP contribution in [0.3, 0.4) is 0 Å². The molecule has 0 saturated carbocycles. The topological polar surface area (TPSA) is 86.8 Å². The van der Waals surface area contributed by atoms with Gasteiger partial charge >= 0.3 is 0 Å². The van der Waals surface area contributed by atoms with Gasteiger partial charge in [0.05, 0.1) is 10.9 Å². The van der Waals surface area contributed by atoms with Gasteiger partial charge in [-0.2, -0.15) is 4.31 Å². The molecule has 0 spiro atoms. The minimum atomic E-state index is -3.62. The van der Waals surface area contributed by atoms with Crippen LogP contribution in [0.5, 0.6) is 0 Å². The van der Waals surface area contributed by atoms with Gasteiger partial charge in [0, 0.05) is 44.0 Å². The lowest BCUT2D eigenvalue weighted by molar-refractivity contribution is -0.134. The summed E-state index contributed by atoms with van der Waals surface area (Å²) in [5.41, 5.74) is 2.42. The number of amides is 2. The Hall–Kier alpha value is -2.42. The van der Waals surface area contributed by atoms with Crippen LogP contribution in [-0.4, -0.2) is 55.6 Å². The van der Waals surface area contributed by atoms with E-state index in [1.165, 1.54) is 22.0 Å². The summed E-state index contributed by atoms with van der Waals surface area (Å²) in [5, 5.41) is 3.51. The molecule has 7 nitrogen and oxygen atoms in total. The lowest BCUT2D eigenvalue weighted by Crippen LogP contribution is -2.50. The zero-order valence-electron chi connectivity index (χ0n) is 17.7. The van der Waals surface area contributed by atoms with Crippen LogP contribution in [0.4, 0.5) is 0 Å². The van der Waals surface area contributed by atoms with E-state index in [0.717, 1.165) is 18.4 Å². The zero-order valence-corrected chi connectivity index (χ0v) is 19.2. The average molecular weight is 476 g/mol. The van der Waals surface area contributed by atoms with E-state index in [1.54, 1.807) is 17.0 Å². The van der Waals surface area contributed by atoms with Gasteiger partial charge in [-0.3, -0.25) is 9.59 Å². The third-order valence-electron chi connectivity index (χ3n) is 6.08. The summed E-state index contributed by atoms with van der Waals surface area (Å²) in [6, 6.07) is 14.2. The molecule has 1 unspecified atom stereocenters. The van der Waals surface area contributed by atoms with E-state index in [4.69, 9.17) is 11.6 Å². The molecule has 4 rings (SSSR count). The van der Waals surface area contributed by atoms with Gasteiger partial charge in [-0.25, -0.2) is 8.42 Å². The second-order valence-electron chi connectivity index (χ2n) is 8.10. The number of nitrogens with zero attached hydrogens (tertiary/aromatic N) is 2. The molecule has 2 aromatic rings. The van der Waals surface area contributed by atoms with Crippen LogP contribution in [0.25, 0.3) is 0 Å². The van der Waals surface area contributed by atoms with Crippen molar-refractivity contribution in [3.05, 3.63) is 64.7 Å². The first kappa shape index (κ1) is 22.8. The van der Waals surface area contributed by atoms with Crippen molar-refractivity contribution < 1.29 is 18.0 Å². The van der Waals surface area contributed by atoms with E-state index in [-0.39, 0.29) is 48.7 Å². The van der Waals surface area contributed by atoms with E-state index in [0.29, 0.717) is 18.1 Å². The molecule has 1 saturated heterocycles. The Balaban J connectivity index is 1.24. The van der Waals surface area contributed by atoms with Crippen LogP contribution in [-0.2, 0) is 26.0 Å². The van der Waals surface area contributed by atoms with Gasteiger partial charge in [-0.05, 0) is 48.2 Å². The average Bonchev–Trinajstić information content (AvgIpc) is 3.20. The molecule has 1 fully saturated rings. The van der Waals surface area contributed by atoms with Crippen LogP contribution in [0.1, 0.15) is 36.4 Å². The summed E-state index contributed by atoms with van der Waals surface area (Å²) in [5.74, 6) is -0.264. The predicted molar refractivity (Wildman–Crippen MR) is 122 cm³/mol. The predicted octanol–water partition coefficient (Wildman–Crippen LogP) is 2.76. The van der Waals surface area contributed by atoms with E-state index in [9.17, 15) is 18.0 Å². The molecule has 2 aliphatic rings. The quantitative estimate of drug-likeness (QED) is 0.696. The van der Waals surface area contributed by atoms with Gasteiger partial charge in [-0.15, -0.1) is 0 Å². The van der Waals surface area contributed by atoms with Crippen molar-refractivity contribution in [1.82, 2.24) is 14.5 Å². The molecule has 0 bridgehead atoms. The van der Waals surface area contributed by atoms with Crippen LogP contribution in [0.2, 0.25) is 5.02 Å². The Kier molecular flexibility index (Phi) is 6.83. The number of hydrogen-bond donors (Lipinski definition) is 1. The maximum atomic E-state index is 12.8. The van der Waals surface area contributed by atoms with Crippen molar-refractivity contribution >= 4 is 33.4 Å². The number of fused-ring (bicyclic) bond motifs is 1. The fourth-order valence-corrected chi connectivity index (χ4v) is 5.83. The first-order valence-electron chi connectivity index (χ1n) is 10.8. The van der Waals surface area contributed by atoms with Gasteiger partial charge in [0.1, 0.15) is 0 Å². The molecule has 170 valence electrons. The fraction of sp³-hybridized carbons (Fsp3) is 0.391. The van der Waals surface area contributed by atoms with E-state index < -0.39 is 10.0 Å². The summed E-state index contributed by atoms with van der Waals surface area (Å²) in [4.78, 5) is 26.8. The van der Waals surface area contributed by atoms with E-state index in [2.05, 4.69) is 11.4 Å². The molecule has 1 aliphatic carbocycles. The van der Waals surface area contributed by atoms with Gasteiger partial charge in [0.15, 0.2) is 0 Å². The third kappa shape index (κ3) is 4.98. The Morgan fingerprint density at radius 2 is 1.66 bits per heavy atom. The second-order valence-corrected chi connectivity index (χ2v) is 10.5. The minimum Gasteiger partial charge on any atom is -0.349 e. The molecule has 0 radical (unpaired) electrons. The number of hydrogen-bond acceptors (Lipinski definition) is 4. The van der Waals surface area contributed by atoms with Crippen molar-refractivity contribution in [3.8, 4) is 0 Å². The normalized spacial score (nSPS) is 18.9. The zero-order chi connectivity index (χ0) is 22.7.